The van der Waals surface area contributed by atoms with Crippen molar-refractivity contribution in [3.05, 3.63) is 17.2 Å². The molecule has 1 aromatic rings. The predicted octanol–water partition coefficient (Wildman–Crippen LogP) is 1.17. The van der Waals surface area contributed by atoms with Gasteiger partial charge in [-0.15, -0.1) is 0 Å². The Morgan fingerprint density at radius 1 is 1.47 bits per heavy atom. The molecule has 0 spiro atoms. The topological polar surface area (TPSA) is 67.2 Å². The number of carbonyl (C=O) groups is 1. The molecule has 3 rings (SSSR count). The summed E-state index contributed by atoms with van der Waals surface area (Å²) in [5.74, 6) is -0.00248. The molecule has 1 aromatic heterocycles. The number of fused-ring (bicyclic) bond motifs is 1. The van der Waals surface area contributed by atoms with E-state index in [-0.39, 0.29) is 5.69 Å². The van der Waals surface area contributed by atoms with E-state index in [1.807, 2.05) is 0 Å². The van der Waals surface area contributed by atoms with Gasteiger partial charge in [-0.1, -0.05) is 0 Å². The molecule has 2 N–H and O–H groups in total. The second-order valence-corrected chi connectivity index (χ2v) is 4.89. The number of nitrogens with one attached hydrogen (secondary N) is 1. The Kier molecular flexibility index (Phi) is 2.63. The summed E-state index contributed by atoms with van der Waals surface area (Å²) < 4.78 is 2.10. The fourth-order valence-electron chi connectivity index (χ4n) is 2.45. The van der Waals surface area contributed by atoms with Crippen LogP contribution in [0.2, 0.25) is 0 Å². The van der Waals surface area contributed by atoms with Gasteiger partial charge in [-0.2, -0.15) is 0 Å². The van der Waals surface area contributed by atoms with E-state index in [1.54, 1.807) is 0 Å². The highest BCUT2D eigenvalue weighted by Crippen LogP contribution is 2.23. The van der Waals surface area contributed by atoms with Crippen molar-refractivity contribution in [2.24, 2.45) is 0 Å². The Labute approximate surface area is 99.8 Å². The van der Waals surface area contributed by atoms with Crippen molar-refractivity contribution in [3.63, 3.8) is 0 Å². The summed E-state index contributed by atoms with van der Waals surface area (Å²) in [6, 6.07) is 0.625. The van der Waals surface area contributed by atoms with Crippen LogP contribution in [-0.4, -0.2) is 26.7 Å². The largest absolute Gasteiger partial charge is 0.476 e. The smallest absolute Gasteiger partial charge is 0.356 e. The molecule has 1 aliphatic heterocycles. The van der Waals surface area contributed by atoms with Gasteiger partial charge in [-0.25, -0.2) is 9.78 Å². The van der Waals surface area contributed by atoms with Crippen LogP contribution in [0, 0.1) is 0 Å². The lowest BCUT2D eigenvalue weighted by molar-refractivity contribution is 0.0689. The average Bonchev–Trinajstić information content (AvgIpc) is 3.07. The summed E-state index contributed by atoms with van der Waals surface area (Å²) in [5, 5.41) is 12.5. The molecule has 17 heavy (non-hydrogen) atoms. The minimum absolute atomic E-state index is 0.261. The van der Waals surface area contributed by atoms with Crippen LogP contribution in [0.15, 0.2) is 0 Å². The molecule has 0 aromatic carbocycles. The first-order valence-electron chi connectivity index (χ1n) is 6.30. The Morgan fingerprint density at radius 2 is 2.29 bits per heavy atom. The Balaban J connectivity index is 1.87. The van der Waals surface area contributed by atoms with E-state index in [0.29, 0.717) is 12.6 Å². The quantitative estimate of drug-likeness (QED) is 0.822. The first-order chi connectivity index (χ1) is 8.25. The Hall–Kier alpha value is -1.36. The SMILES string of the molecule is O=C(O)c1nc(CNC2CC2)n2c1CCCC2. The lowest BCUT2D eigenvalue weighted by Gasteiger charge is -2.17. The van der Waals surface area contributed by atoms with Crippen molar-refractivity contribution in [2.45, 2.75) is 51.2 Å². The van der Waals surface area contributed by atoms with Gasteiger partial charge in [0.1, 0.15) is 5.82 Å². The van der Waals surface area contributed by atoms with Crippen LogP contribution in [0.1, 0.15) is 47.7 Å². The second-order valence-electron chi connectivity index (χ2n) is 4.89. The fourth-order valence-corrected chi connectivity index (χ4v) is 2.45. The number of carboxylic acid groups (broad SMARTS) is 1. The van der Waals surface area contributed by atoms with Crippen molar-refractivity contribution in [2.75, 3.05) is 0 Å². The number of imidazole rings is 1. The molecule has 0 bridgehead atoms. The van der Waals surface area contributed by atoms with Gasteiger partial charge in [0.2, 0.25) is 0 Å². The van der Waals surface area contributed by atoms with E-state index in [9.17, 15) is 4.79 Å². The van der Waals surface area contributed by atoms with Gasteiger partial charge in [-0.3, -0.25) is 0 Å². The highest BCUT2D eigenvalue weighted by molar-refractivity contribution is 5.86. The van der Waals surface area contributed by atoms with Gasteiger partial charge in [0.25, 0.3) is 0 Å². The minimum Gasteiger partial charge on any atom is -0.476 e. The first-order valence-corrected chi connectivity index (χ1v) is 6.30. The third kappa shape index (κ3) is 2.07. The molecular weight excluding hydrogens is 218 g/mol. The van der Waals surface area contributed by atoms with Gasteiger partial charge in [0.15, 0.2) is 5.69 Å². The summed E-state index contributed by atoms with van der Waals surface area (Å²) >= 11 is 0. The maximum absolute atomic E-state index is 11.1. The third-order valence-corrected chi connectivity index (χ3v) is 3.53. The van der Waals surface area contributed by atoms with Crippen molar-refractivity contribution in [3.8, 4) is 0 Å². The maximum Gasteiger partial charge on any atom is 0.356 e. The first kappa shape index (κ1) is 10.8. The molecule has 0 radical (unpaired) electrons. The zero-order valence-electron chi connectivity index (χ0n) is 9.78. The fraction of sp³-hybridized carbons (Fsp3) is 0.667. The van der Waals surface area contributed by atoms with Crippen LogP contribution < -0.4 is 5.32 Å². The average molecular weight is 235 g/mol. The highest BCUT2D eigenvalue weighted by atomic mass is 16.4. The van der Waals surface area contributed by atoms with Crippen LogP contribution in [0.3, 0.4) is 0 Å². The molecule has 1 aliphatic carbocycles. The molecule has 0 atom stereocenters. The summed E-state index contributed by atoms with van der Waals surface area (Å²) in [4.78, 5) is 15.4. The van der Waals surface area contributed by atoms with Gasteiger partial charge in [0, 0.05) is 12.6 Å². The normalized spacial score (nSPS) is 19.1. The molecule has 5 heteroatoms. The van der Waals surface area contributed by atoms with Gasteiger partial charge >= 0.3 is 5.97 Å². The number of aromatic nitrogens is 2. The Bertz CT molecular complexity index is 449. The van der Waals surface area contributed by atoms with Crippen molar-refractivity contribution < 1.29 is 9.90 Å². The summed E-state index contributed by atoms with van der Waals surface area (Å²) in [5.41, 5.74) is 1.17. The molecule has 0 unspecified atom stereocenters. The van der Waals surface area contributed by atoms with E-state index >= 15 is 0 Å². The zero-order chi connectivity index (χ0) is 11.8. The number of hydrogen-bond donors (Lipinski definition) is 2. The summed E-state index contributed by atoms with van der Waals surface area (Å²) in [7, 11) is 0. The third-order valence-electron chi connectivity index (χ3n) is 3.53. The lowest BCUT2D eigenvalue weighted by Crippen LogP contribution is -2.21. The molecule has 1 fully saturated rings. The molecule has 92 valence electrons. The van der Waals surface area contributed by atoms with Crippen molar-refractivity contribution >= 4 is 5.97 Å². The van der Waals surface area contributed by atoms with Crippen molar-refractivity contribution in [1.29, 1.82) is 0 Å². The van der Waals surface area contributed by atoms with E-state index < -0.39 is 5.97 Å². The van der Waals surface area contributed by atoms with Gasteiger partial charge < -0.3 is 15.0 Å². The number of aromatic carboxylic acids is 1. The van der Waals surface area contributed by atoms with Crippen LogP contribution in [0.4, 0.5) is 0 Å². The van der Waals surface area contributed by atoms with E-state index in [0.717, 1.165) is 37.3 Å². The van der Waals surface area contributed by atoms with E-state index in [4.69, 9.17) is 5.11 Å². The van der Waals surface area contributed by atoms with Gasteiger partial charge in [-0.05, 0) is 32.1 Å². The van der Waals surface area contributed by atoms with Crippen LogP contribution >= 0.6 is 0 Å². The molecule has 0 saturated heterocycles. The molecule has 2 heterocycles. The monoisotopic (exact) mass is 235 g/mol. The summed E-state index contributed by atoms with van der Waals surface area (Å²) in [6.07, 6.45) is 5.51. The van der Waals surface area contributed by atoms with Crippen LogP contribution in [0.5, 0.6) is 0 Å². The van der Waals surface area contributed by atoms with Crippen LogP contribution in [0.25, 0.3) is 0 Å². The molecule has 1 saturated carbocycles. The number of carboxylic acids is 1. The Morgan fingerprint density at radius 3 is 3.00 bits per heavy atom. The predicted molar refractivity (Wildman–Crippen MR) is 62.0 cm³/mol. The standard InChI is InChI=1S/C12H17N3O2/c16-12(17)11-9-3-1-2-6-15(9)10(14-11)7-13-8-4-5-8/h8,13H,1-7H2,(H,16,17). The lowest BCUT2D eigenvalue weighted by atomic mass is 10.1. The molecule has 0 amide bonds. The molecular formula is C12H17N3O2. The summed E-state index contributed by atoms with van der Waals surface area (Å²) in [6.45, 7) is 1.61. The van der Waals surface area contributed by atoms with E-state index in [2.05, 4.69) is 14.9 Å². The number of nitrogens with zero attached hydrogens (tertiary/aromatic N) is 2. The van der Waals surface area contributed by atoms with Crippen LogP contribution in [-0.2, 0) is 19.5 Å². The molecule has 2 aliphatic rings. The zero-order valence-corrected chi connectivity index (χ0v) is 9.78. The second kappa shape index (κ2) is 4.14. The number of rotatable bonds is 4. The highest BCUT2D eigenvalue weighted by Gasteiger charge is 2.25. The van der Waals surface area contributed by atoms with E-state index in [1.165, 1.54) is 12.8 Å². The minimum atomic E-state index is -0.895. The van der Waals surface area contributed by atoms with Gasteiger partial charge in [0.05, 0.1) is 12.2 Å². The number of hydrogen-bond acceptors (Lipinski definition) is 3. The van der Waals surface area contributed by atoms with Crippen molar-refractivity contribution in [1.82, 2.24) is 14.9 Å². The molecule has 5 nitrogen and oxygen atoms in total. The maximum atomic E-state index is 11.1.